The van der Waals surface area contributed by atoms with Crippen molar-refractivity contribution in [2.24, 2.45) is 0 Å². The molecule has 0 amide bonds. The summed E-state index contributed by atoms with van der Waals surface area (Å²) in [6, 6.07) is 17.9. The Balaban J connectivity index is 1.51. The second kappa shape index (κ2) is 8.36. The average Bonchev–Trinajstić information content (AvgIpc) is 3.14. The van der Waals surface area contributed by atoms with Crippen molar-refractivity contribution in [3.05, 3.63) is 77.1 Å². The maximum atomic E-state index is 12.8. The Morgan fingerprint density at radius 2 is 1.97 bits per heavy atom. The number of rotatable bonds is 6. The number of hydrogen-bond donors (Lipinski definition) is 0. The van der Waals surface area contributed by atoms with Gasteiger partial charge in [0, 0.05) is 34.6 Å². The van der Waals surface area contributed by atoms with Crippen molar-refractivity contribution in [2.45, 2.75) is 13.0 Å². The van der Waals surface area contributed by atoms with Gasteiger partial charge in [0.25, 0.3) is 0 Å². The van der Waals surface area contributed by atoms with Gasteiger partial charge >= 0.3 is 5.97 Å². The zero-order valence-corrected chi connectivity index (χ0v) is 16.6. The summed E-state index contributed by atoms with van der Waals surface area (Å²) >= 11 is 5.88. The molecule has 0 aliphatic carbocycles. The van der Waals surface area contributed by atoms with E-state index in [-0.39, 0.29) is 12.4 Å². The van der Waals surface area contributed by atoms with Gasteiger partial charge in [0.2, 0.25) is 5.78 Å². The van der Waals surface area contributed by atoms with Gasteiger partial charge in [-0.05, 0) is 36.4 Å². The minimum atomic E-state index is -0.589. The van der Waals surface area contributed by atoms with Gasteiger partial charge in [-0.2, -0.15) is 5.26 Å². The normalized spacial score (nSPS) is 10.8. The topological polar surface area (TPSA) is 85.0 Å². The summed E-state index contributed by atoms with van der Waals surface area (Å²) in [5.41, 5.74) is 2.33. The van der Waals surface area contributed by atoms with E-state index in [0.29, 0.717) is 34.8 Å². The molecule has 30 heavy (non-hydrogen) atoms. The molecule has 0 spiro atoms. The van der Waals surface area contributed by atoms with Crippen LogP contribution in [-0.2, 0) is 11.3 Å². The maximum absolute atomic E-state index is 12.8. The Morgan fingerprint density at radius 3 is 2.80 bits per heavy atom. The highest BCUT2D eigenvalue weighted by Gasteiger charge is 2.17. The van der Waals surface area contributed by atoms with Crippen LogP contribution in [0.25, 0.3) is 21.8 Å². The largest absolute Gasteiger partial charge is 0.454 e. The Labute approximate surface area is 177 Å². The third kappa shape index (κ3) is 3.88. The molecule has 0 fully saturated rings. The molecule has 2 aromatic carbocycles. The molecule has 0 bridgehead atoms. The van der Waals surface area contributed by atoms with Gasteiger partial charge in [0.15, 0.2) is 6.61 Å². The first-order chi connectivity index (χ1) is 14.6. The fraction of sp³-hybridized carbons (Fsp3) is 0.130. The van der Waals surface area contributed by atoms with Crippen molar-refractivity contribution in [3.63, 3.8) is 0 Å². The van der Waals surface area contributed by atoms with Crippen LogP contribution in [0, 0.1) is 11.3 Å². The Hall–Kier alpha value is -3.69. The number of Topliss-reactive ketones (excluding diaryl/α,β-unsaturated/α-hetero) is 1. The van der Waals surface area contributed by atoms with Crippen LogP contribution in [0.4, 0.5) is 0 Å². The third-order valence-corrected chi connectivity index (χ3v) is 4.99. The Bertz CT molecular complexity index is 1320. The van der Waals surface area contributed by atoms with Crippen LogP contribution < -0.4 is 0 Å². The first kappa shape index (κ1) is 19.6. The van der Waals surface area contributed by atoms with Gasteiger partial charge in [-0.1, -0.05) is 29.8 Å². The number of ether oxygens (including phenoxy) is 1. The van der Waals surface area contributed by atoms with Crippen molar-refractivity contribution in [1.29, 1.82) is 5.26 Å². The number of aryl methyl sites for hydroxylation is 1. The number of hydrogen-bond acceptors (Lipinski definition) is 5. The van der Waals surface area contributed by atoms with E-state index in [0.717, 1.165) is 16.3 Å². The van der Waals surface area contributed by atoms with Gasteiger partial charge in [-0.25, -0.2) is 9.78 Å². The van der Waals surface area contributed by atoms with Crippen LogP contribution in [0.5, 0.6) is 0 Å². The molecule has 6 nitrogen and oxygen atoms in total. The fourth-order valence-corrected chi connectivity index (χ4v) is 3.50. The van der Waals surface area contributed by atoms with E-state index in [4.69, 9.17) is 21.6 Å². The van der Waals surface area contributed by atoms with E-state index in [1.165, 1.54) is 0 Å². The lowest BCUT2D eigenvalue weighted by atomic mass is 10.1. The number of esters is 1. The number of carbonyl (C=O) groups is 2. The number of pyridine rings is 1. The third-order valence-electron chi connectivity index (χ3n) is 4.78. The van der Waals surface area contributed by atoms with Crippen LogP contribution in [0.3, 0.4) is 0 Å². The lowest BCUT2D eigenvalue weighted by Crippen LogP contribution is -2.14. The molecule has 0 unspecified atom stereocenters. The molecule has 0 radical (unpaired) electrons. The van der Waals surface area contributed by atoms with E-state index >= 15 is 0 Å². The molecule has 0 saturated carbocycles. The molecule has 0 atom stereocenters. The van der Waals surface area contributed by atoms with Crippen molar-refractivity contribution >= 4 is 45.2 Å². The number of carbonyl (C=O) groups excluding carboxylic acids is 2. The van der Waals surface area contributed by atoms with E-state index < -0.39 is 5.97 Å². The quantitative estimate of drug-likeness (QED) is 0.255. The Kier molecular flexibility index (Phi) is 5.46. The van der Waals surface area contributed by atoms with Crippen molar-refractivity contribution in [2.75, 3.05) is 6.61 Å². The van der Waals surface area contributed by atoms with Gasteiger partial charge in [0.05, 0.1) is 23.6 Å². The Morgan fingerprint density at radius 1 is 1.13 bits per heavy atom. The SMILES string of the molecule is N#CCCn1cc(C(=O)COC(=O)c2ccc3nc(Cl)ccc3c2)c2ccccc21. The number of nitrogens with zero attached hydrogens (tertiary/aromatic N) is 3. The molecular weight excluding hydrogens is 402 g/mol. The van der Waals surface area contributed by atoms with Crippen LogP contribution in [-0.4, -0.2) is 27.9 Å². The van der Waals surface area contributed by atoms with E-state index in [9.17, 15) is 9.59 Å². The number of benzene rings is 2. The molecule has 0 aliphatic rings. The monoisotopic (exact) mass is 417 g/mol. The zero-order valence-electron chi connectivity index (χ0n) is 15.8. The molecule has 4 aromatic rings. The second-order valence-corrected chi connectivity index (χ2v) is 7.09. The van der Waals surface area contributed by atoms with Gasteiger partial charge < -0.3 is 9.30 Å². The maximum Gasteiger partial charge on any atom is 0.338 e. The first-order valence-corrected chi connectivity index (χ1v) is 9.66. The summed E-state index contributed by atoms with van der Waals surface area (Å²) in [4.78, 5) is 29.4. The van der Waals surface area contributed by atoms with Crippen LogP contribution in [0.1, 0.15) is 27.1 Å². The van der Waals surface area contributed by atoms with Gasteiger partial charge in [0.1, 0.15) is 5.15 Å². The number of ketones is 1. The van der Waals surface area contributed by atoms with Crippen LogP contribution in [0.2, 0.25) is 5.15 Å². The summed E-state index contributed by atoms with van der Waals surface area (Å²) in [6.45, 7) is 0.112. The summed E-state index contributed by atoms with van der Waals surface area (Å²) < 4.78 is 7.13. The summed E-state index contributed by atoms with van der Waals surface area (Å²) in [5.74, 6) is -0.891. The van der Waals surface area contributed by atoms with Crippen molar-refractivity contribution < 1.29 is 14.3 Å². The van der Waals surface area contributed by atoms with E-state index in [1.54, 1.807) is 36.5 Å². The first-order valence-electron chi connectivity index (χ1n) is 9.28. The highest BCUT2D eigenvalue weighted by atomic mass is 35.5. The van der Waals surface area contributed by atoms with Gasteiger partial charge in [-0.15, -0.1) is 0 Å². The van der Waals surface area contributed by atoms with Crippen molar-refractivity contribution in [3.8, 4) is 6.07 Å². The molecule has 0 aliphatic heterocycles. The summed E-state index contributed by atoms with van der Waals surface area (Å²) in [5, 5.41) is 10.7. The van der Waals surface area contributed by atoms with Crippen LogP contribution in [0.15, 0.2) is 60.8 Å². The molecular formula is C23H16ClN3O3. The zero-order chi connectivity index (χ0) is 21.1. The molecule has 2 aromatic heterocycles. The number of aromatic nitrogens is 2. The molecule has 0 saturated heterocycles. The average molecular weight is 418 g/mol. The highest BCUT2D eigenvalue weighted by Crippen LogP contribution is 2.23. The van der Waals surface area contributed by atoms with Crippen LogP contribution >= 0.6 is 11.6 Å². The number of para-hydroxylation sites is 1. The van der Waals surface area contributed by atoms with E-state index in [2.05, 4.69) is 11.1 Å². The highest BCUT2D eigenvalue weighted by molar-refractivity contribution is 6.29. The smallest absolute Gasteiger partial charge is 0.338 e. The lowest BCUT2D eigenvalue weighted by Gasteiger charge is -2.05. The minimum absolute atomic E-state index is 0.301. The summed E-state index contributed by atoms with van der Waals surface area (Å²) in [7, 11) is 0. The minimum Gasteiger partial charge on any atom is -0.454 e. The number of nitriles is 1. The molecule has 0 N–H and O–H groups in total. The molecule has 148 valence electrons. The van der Waals surface area contributed by atoms with Crippen molar-refractivity contribution in [1.82, 2.24) is 9.55 Å². The standard InChI is InChI=1S/C23H16ClN3O3/c24-22-9-7-15-12-16(6-8-19(15)26-22)23(29)30-14-21(28)18-13-27(11-3-10-25)20-5-2-1-4-17(18)20/h1-2,4-9,12-13H,3,11,14H2. The second-order valence-electron chi connectivity index (χ2n) is 6.70. The van der Waals surface area contributed by atoms with Gasteiger partial charge in [-0.3, -0.25) is 4.79 Å². The van der Waals surface area contributed by atoms with E-state index in [1.807, 2.05) is 28.8 Å². The fourth-order valence-electron chi connectivity index (χ4n) is 3.34. The lowest BCUT2D eigenvalue weighted by molar-refractivity contribution is 0.0475. The predicted molar refractivity (Wildman–Crippen MR) is 114 cm³/mol. The molecule has 4 rings (SSSR count). The predicted octanol–water partition coefficient (Wildman–Crippen LogP) is 4.80. The summed E-state index contributed by atoms with van der Waals surface area (Å²) in [6.07, 6.45) is 2.05. The number of halogens is 1. The molecule has 2 heterocycles. The molecule has 7 heteroatoms. The number of fused-ring (bicyclic) bond motifs is 2.